The molecule has 22 heavy (non-hydrogen) atoms. The van der Waals surface area contributed by atoms with Crippen molar-refractivity contribution in [3.05, 3.63) is 45.8 Å². The topological polar surface area (TPSA) is 64.6 Å². The molecule has 0 aliphatic heterocycles. The number of hydrogen-bond donors (Lipinski definition) is 1. The maximum Gasteiger partial charge on any atom is 0.340 e. The summed E-state index contributed by atoms with van der Waals surface area (Å²) >= 11 is 7.24. The van der Waals surface area contributed by atoms with E-state index in [0.717, 1.165) is 4.88 Å². The molecule has 0 spiro atoms. The Morgan fingerprint density at radius 1 is 1.32 bits per heavy atom. The average Bonchev–Trinajstić information content (AvgIpc) is 2.86. The van der Waals surface area contributed by atoms with Crippen LogP contribution in [0.5, 0.6) is 5.75 Å². The molecular formula is C15H14ClNO4S. The number of rotatable bonds is 5. The number of para-hydroxylation sites is 1. The van der Waals surface area contributed by atoms with Gasteiger partial charge in [0.1, 0.15) is 10.8 Å². The van der Waals surface area contributed by atoms with Gasteiger partial charge in [0.05, 0.1) is 17.7 Å². The lowest BCUT2D eigenvalue weighted by molar-refractivity contribution is -0.118. The van der Waals surface area contributed by atoms with Gasteiger partial charge >= 0.3 is 5.97 Å². The van der Waals surface area contributed by atoms with Crippen LogP contribution in [0.2, 0.25) is 5.02 Å². The van der Waals surface area contributed by atoms with Gasteiger partial charge in [0.15, 0.2) is 6.61 Å². The third kappa shape index (κ3) is 3.99. The van der Waals surface area contributed by atoms with Crippen LogP contribution in [0.25, 0.3) is 0 Å². The van der Waals surface area contributed by atoms with Gasteiger partial charge in [-0.05, 0) is 25.1 Å². The van der Waals surface area contributed by atoms with Gasteiger partial charge in [0, 0.05) is 4.88 Å². The minimum absolute atomic E-state index is 0.207. The fraction of sp³-hybridized carbons (Fsp3) is 0.200. The Morgan fingerprint density at radius 2 is 2.05 bits per heavy atom. The number of halogens is 1. The molecule has 1 amide bonds. The molecule has 1 aromatic heterocycles. The summed E-state index contributed by atoms with van der Waals surface area (Å²) in [6.07, 6.45) is 0. The van der Waals surface area contributed by atoms with E-state index in [-0.39, 0.29) is 12.5 Å². The Kier molecular flexibility index (Phi) is 5.41. The van der Waals surface area contributed by atoms with Gasteiger partial charge in [0.2, 0.25) is 0 Å². The van der Waals surface area contributed by atoms with E-state index in [0.29, 0.717) is 21.3 Å². The smallest absolute Gasteiger partial charge is 0.340 e. The average molecular weight is 340 g/mol. The van der Waals surface area contributed by atoms with E-state index in [4.69, 9.17) is 16.3 Å². The van der Waals surface area contributed by atoms with E-state index < -0.39 is 5.97 Å². The molecule has 1 aromatic carbocycles. The number of esters is 1. The van der Waals surface area contributed by atoms with Crippen LogP contribution in [0, 0.1) is 6.92 Å². The fourth-order valence-electron chi connectivity index (χ4n) is 1.74. The summed E-state index contributed by atoms with van der Waals surface area (Å²) in [5.41, 5.74) is 0.330. The normalized spacial score (nSPS) is 10.1. The van der Waals surface area contributed by atoms with Crippen LogP contribution >= 0.6 is 22.9 Å². The summed E-state index contributed by atoms with van der Waals surface area (Å²) < 4.78 is 10.0. The van der Waals surface area contributed by atoms with Crippen LogP contribution in [0.3, 0.4) is 0 Å². The van der Waals surface area contributed by atoms with Crippen molar-refractivity contribution in [1.82, 2.24) is 0 Å². The number of anilines is 1. The first-order valence-electron chi connectivity index (χ1n) is 6.37. The Hall–Kier alpha value is -2.05. The van der Waals surface area contributed by atoms with Crippen molar-refractivity contribution < 1.29 is 19.1 Å². The van der Waals surface area contributed by atoms with Crippen LogP contribution in [-0.2, 0) is 9.53 Å². The third-order valence-corrected chi connectivity index (χ3v) is 3.99. The van der Waals surface area contributed by atoms with Crippen molar-refractivity contribution in [2.24, 2.45) is 0 Å². The molecule has 0 aliphatic rings. The number of amides is 1. The fourth-order valence-corrected chi connectivity index (χ4v) is 2.84. The van der Waals surface area contributed by atoms with Crippen LogP contribution in [-0.4, -0.2) is 25.6 Å². The van der Waals surface area contributed by atoms with Gasteiger partial charge in [-0.2, -0.15) is 0 Å². The Balaban J connectivity index is 2.01. The highest BCUT2D eigenvalue weighted by molar-refractivity contribution is 7.16. The van der Waals surface area contributed by atoms with Crippen molar-refractivity contribution >= 4 is 39.8 Å². The number of aryl methyl sites for hydroxylation is 1. The van der Waals surface area contributed by atoms with E-state index in [9.17, 15) is 9.59 Å². The molecular weight excluding hydrogens is 326 g/mol. The lowest BCUT2D eigenvalue weighted by Gasteiger charge is -2.08. The van der Waals surface area contributed by atoms with Crippen LogP contribution in [0.4, 0.5) is 5.00 Å². The first kappa shape index (κ1) is 16.3. The monoisotopic (exact) mass is 339 g/mol. The molecule has 0 aliphatic carbocycles. The number of methoxy groups -OCH3 is 1. The molecule has 5 nitrogen and oxygen atoms in total. The maximum atomic E-state index is 11.9. The highest BCUT2D eigenvalue weighted by Crippen LogP contribution is 2.28. The van der Waals surface area contributed by atoms with Gasteiger partial charge in [-0.25, -0.2) is 4.79 Å². The molecule has 0 saturated carbocycles. The van der Waals surface area contributed by atoms with Crippen LogP contribution in [0.15, 0.2) is 30.3 Å². The van der Waals surface area contributed by atoms with E-state index in [1.54, 1.807) is 30.3 Å². The molecule has 2 aromatic rings. The van der Waals surface area contributed by atoms with Crippen molar-refractivity contribution in [2.75, 3.05) is 19.0 Å². The SMILES string of the molecule is COC(=O)c1cc(C)sc1NC(=O)COc1ccccc1Cl. The second-order valence-corrected chi connectivity index (χ2v) is 6.02. The van der Waals surface area contributed by atoms with E-state index in [1.165, 1.54) is 18.4 Å². The van der Waals surface area contributed by atoms with Crippen molar-refractivity contribution in [3.8, 4) is 5.75 Å². The zero-order valence-electron chi connectivity index (χ0n) is 12.0. The molecule has 0 unspecified atom stereocenters. The van der Waals surface area contributed by atoms with Crippen LogP contribution < -0.4 is 10.1 Å². The molecule has 0 radical (unpaired) electrons. The molecule has 2 rings (SSSR count). The third-order valence-electron chi connectivity index (χ3n) is 2.71. The number of hydrogen-bond acceptors (Lipinski definition) is 5. The first-order chi connectivity index (χ1) is 10.5. The maximum absolute atomic E-state index is 11.9. The molecule has 0 fully saturated rings. The largest absolute Gasteiger partial charge is 0.482 e. The number of carbonyl (C=O) groups excluding carboxylic acids is 2. The summed E-state index contributed by atoms with van der Waals surface area (Å²) in [4.78, 5) is 24.5. The summed E-state index contributed by atoms with van der Waals surface area (Å²) in [6.45, 7) is 1.63. The molecule has 0 bridgehead atoms. The van der Waals surface area contributed by atoms with Crippen molar-refractivity contribution in [3.63, 3.8) is 0 Å². The minimum Gasteiger partial charge on any atom is -0.482 e. The second kappa shape index (κ2) is 7.29. The molecule has 0 saturated heterocycles. The number of thiophene rings is 1. The summed E-state index contributed by atoms with van der Waals surface area (Å²) in [5.74, 6) is -0.450. The lowest BCUT2D eigenvalue weighted by Crippen LogP contribution is -2.21. The highest BCUT2D eigenvalue weighted by atomic mass is 35.5. The highest BCUT2D eigenvalue weighted by Gasteiger charge is 2.17. The number of carbonyl (C=O) groups is 2. The Labute approximate surface area is 136 Å². The molecule has 0 atom stereocenters. The quantitative estimate of drug-likeness (QED) is 0.846. The molecule has 1 heterocycles. The second-order valence-electron chi connectivity index (χ2n) is 4.36. The van der Waals surface area contributed by atoms with Crippen molar-refractivity contribution in [1.29, 1.82) is 0 Å². The Bertz CT molecular complexity index is 699. The first-order valence-corrected chi connectivity index (χ1v) is 7.56. The standard InChI is InChI=1S/C15H14ClNO4S/c1-9-7-10(15(19)20-2)14(22-9)17-13(18)8-21-12-6-4-3-5-11(12)16/h3-7H,8H2,1-2H3,(H,17,18). The van der Waals surface area contributed by atoms with Gasteiger partial charge in [-0.3, -0.25) is 4.79 Å². The van der Waals surface area contributed by atoms with Gasteiger partial charge < -0.3 is 14.8 Å². The summed E-state index contributed by atoms with van der Waals surface area (Å²) in [6, 6.07) is 8.54. The summed E-state index contributed by atoms with van der Waals surface area (Å²) in [5, 5.41) is 3.52. The van der Waals surface area contributed by atoms with E-state index >= 15 is 0 Å². The van der Waals surface area contributed by atoms with Gasteiger partial charge in [0.25, 0.3) is 5.91 Å². The predicted octanol–water partition coefficient (Wildman–Crippen LogP) is 3.51. The lowest BCUT2D eigenvalue weighted by atomic mass is 10.3. The van der Waals surface area contributed by atoms with Crippen LogP contribution in [0.1, 0.15) is 15.2 Å². The molecule has 116 valence electrons. The number of nitrogens with one attached hydrogen (secondary N) is 1. The predicted molar refractivity (Wildman–Crippen MR) is 86.0 cm³/mol. The van der Waals surface area contributed by atoms with E-state index in [1.807, 2.05) is 6.92 Å². The zero-order chi connectivity index (χ0) is 16.1. The zero-order valence-corrected chi connectivity index (χ0v) is 13.6. The number of ether oxygens (including phenoxy) is 2. The molecule has 1 N–H and O–H groups in total. The minimum atomic E-state index is -0.494. The van der Waals surface area contributed by atoms with Gasteiger partial charge in [-0.1, -0.05) is 23.7 Å². The number of benzene rings is 1. The van der Waals surface area contributed by atoms with Gasteiger partial charge in [-0.15, -0.1) is 11.3 Å². The molecule has 7 heteroatoms. The summed E-state index contributed by atoms with van der Waals surface area (Å²) in [7, 11) is 1.29. The van der Waals surface area contributed by atoms with Crippen molar-refractivity contribution in [2.45, 2.75) is 6.92 Å². The Morgan fingerprint density at radius 3 is 2.73 bits per heavy atom. The van der Waals surface area contributed by atoms with E-state index in [2.05, 4.69) is 10.1 Å².